The molecule has 2 atom stereocenters. The Morgan fingerprint density at radius 3 is 2.64 bits per heavy atom. The molecule has 0 radical (unpaired) electrons. The van der Waals surface area contributed by atoms with Crippen LogP contribution in [0.1, 0.15) is 17.5 Å². The number of likely N-dealkylation sites (N-methyl/N-ethyl adjacent to an activating group) is 1. The highest BCUT2D eigenvalue weighted by Crippen LogP contribution is 2.30. The number of aromatic nitrogens is 2. The van der Waals surface area contributed by atoms with Gasteiger partial charge in [-0.3, -0.25) is 10.2 Å². The van der Waals surface area contributed by atoms with Gasteiger partial charge in [-0.1, -0.05) is 0 Å². The molecule has 4 N–H and O–H groups in total. The number of nitrogens with zero attached hydrogens (tertiary/aromatic N) is 4. The largest absolute Gasteiger partial charge is 0.481 e. The number of halogens is 3. The Kier molecular flexibility index (Phi) is 7.77. The van der Waals surface area contributed by atoms with E-state index in [-0.39, 0.29) is 11.7 Å². The number of pyridine rings is 2. The SMILES string of the molecule is COC(=N)c1cc(N2CC[C@@H](N(C)C(=O)Nc3cc(C(F)(F)F)cn(C)c3=O)[C@@H](OC)C2)cnc1N. The van der Waals surface area contributed by atoms with Gasteiger partial charge in [0.05, 0.1) is 42.3 Å². The zero-order valence-electron chi connectivity index (χ0n) is 20.2. The van der Waals surface area contributed by atoms with Crippen LogP contribution in [0, 0.1) is 5.41 Å². The molecule has 0 saturated carbocycles. The number of nitrogens with two attached hydrogens (primary N) is 1. The molecule has 0 spiro atoms. The number of hydrogen-bond acceptors (Lipinski definition) is 8. The molecule has 0 bridgehead atoms. The summed E-state index contributed by atoms with van der Waals surface area (Å²) >= 11 is 0. The monoisotopic (exact) mass is 511 g/mol. The lowest BCUT2D eigenvalue weighted by Gasteiger charge is -2.42. The highest BCUT2D eigenvalue weighted by Gasteiger charge is 2.36. The van der Waals surface area contributed by atoms with E-state index >= 15 is 0 Å². The summed E-state index contributed by atoms with van der Waals surface area (Å²) in [5, 5.41) is 10.2. The van der Waals surface area contributed by atoms with E-state index in [0.29, 0.717) is 43.0 Å². The number of aryl methyl sites for hydroxylation is 1. The molecule has 1 saturated heterocycles. The quantitative estimate of drug-likeness (QED) is 0.413. The predicted octanol–water partition coefficient (Wildman–Crippen LogP) is 2.11. The molecular formula is C22H28F3N7O4. The van der Waals surface area contributed by atoms with Crippen molar-refractivity contribution < 1.29 is 27.4 Å². The molecule has 2 aromatic rings. The van der Waals surface area contributed by atoms with E-state index in [4.69, 9.17) is 20.6 Å². The van der Waals surface area contributed by atoms with E-state index in [0.717, 1.165) is 4.57 Å². The number of rotatable bonds is 5. The molecule has 36 heavy (non-hydrogen) atoms. The van der Waals surface area contributed by atoms with Gasteiger partial charge in [-0.05, 0) is 18.6 Å². The van der Waals surface area contributed by atoms with E-state index < -0.39 is 41.2 Å². The molecule has 0 aliphatic carbocycles. The number of anilines is 3. The maximum Gasteiger partial charge on any atom is 0.417 e. The van der Waals surface area contributed by atoms with Gasteiger partial charge in [0, 0.05) is 40.5 Å². The zero-order chi connectivity index (χ0) is 26.8. The fourth-order valence-electron chi connectivity index (χ4n) is 4.05. The van der Waals surface area contributed by atoms with Crippen LogP contribution in [0.15, 0.2) is 29.3 Å². The smallest absolute Gasteiger partial charge is 0.417 e. The van der Waals surface area contributed by atoms with Crippen molar-refractivity contribution in [3.63, 3.8) is 0 Å². The molecule has 1 fully saturated rings. The predicted molar refractivity (Wildman–Crippen MR) is 127 cm³/mol. The van der Waals surface area contributed by atoms with Crippen LogP contribution in [0.4, 0.5) is 35.2 Å². The van der Waals surface area contributed by atoms with Crippen LogP contribution in [-0.4, -0.2) is 72.9 Å². The summed E-state index contributed by atoms with van der Waals surface area (Å²) < 4.78 is 50.8. The van der Waals surface area contributed by atoms with E-state index in [9.17, 15) is 22.8 Å². The minimum atomic E-state index is -4.68. The van der Waals surface area contributed by atoms with Crippen molar-refractivity contribution in [1.29, 1.82) is 5.41 Å². The maximum atomic E-state index is 13.2. The zero-order valence-corrected chi connectivity index (χ0v) is 20.2. The van der Waals surface area contributed by atoms with Gasteiger partial charge < -0.3 is 34.9 Å². The Morgan fingerprint density at radius 2 is 2.03 bits per heavy atom. The Balaban J connectivity index is 1.76. The number of alkyl halides is 3. The van der Waals surface area contributed by atoms with Gasteiger partial charge in [0.25, 0.3) is 5.56 Å². The first-order valence-electron chi connectivity index (χ1n) is 10.8. The van der Waals surface area contributed by atoms with Crippen LogP contribution >= 0.6 is 0 Å². The van der Waals surface area contributed by atoms with Gasteiger partial charge in [0.2, 0.25) is 5.90 Å². The lowest BCUT2D eigenvalue weighted by Crippen LogP contribution is -2.56. The molecule has 11 nitrogen and oxygen atoms in total. The van der Waals surface area contributed by atoms with Gasteiger partial charge in [-0.25, -0.2) is 9.78 Å². The van der Waals surface area contributed by atoms with Crippen molar-refractivity contribution >= 4 is 29.1 Å². The number of methoxy groups -OCH3 is 2. The minimum Gasteiger partial charge on any atom is -0.481 e. The number of urea groups is 1. The lowest BCUT2D eigenvalue weighted by molar-refractivity contribution is -0.138. The molecule has 3 rings (SSSR count). The summed E-state index contributed by atoms with van der Waals surface area (Å²) in [5.41, 5.74) is 4.57. The number of carbonyl (C=O) groups excluding carboxylic acids is 1. The molecule has 14 heteroatoms. The summed E-state index contributed by atoms with van der Waals surface area (Å²) in [4.78, 5) is 32.6. The number of nitrogen functional groups attached to an aromatic ring is 1. The second-order valence-corrected chi connectivity index (χ2v) is 8.33. The summed E-state index contributed by atoms with van der Waals surface area (Å²) in [6, 6.07) is 1.13. The second-order valence-electron chi connectivity index (χ2n) is 8.33. The van der Waals surface area contributed by atoms with Crippen molar-refractivity contribution in [2.45, 2.75) is 24.7 Å². The standard InChI is InChI=1S/C22H28F3N7O4/c1-30-10-12(22(23,24)25)7-15(20(30)33)29-21(34)31(2)16-5-6-32(11-17(16)35-3)13-8-14(19(27)36-4)18(26)28-9-13/h7-10,16-17,27H,5-6,11H2,1-4H3,(H2,26,28)(H,29,34)/t16-,17+/m1/s1. The first kappa shape index (κ1) is 26.8. The van der Waals surface area contributed by atoms with E-state index in [2.05, 4.69) is 10.3 Å². The third kappa shape index (κ3) is 5.53. The molecule has 3 heterocycles. The molecule has 1 aliphatic rings. The van der Waals surface area contributed by atoms with Gasteiger partial charge >= 0.3 is 12.2 Å². The Morgan fingerprint density at radius 1 is 1.33 bits per heavy atom. The van der Waals surface area contributed by atoms with Crippen molar-refractivity contribution in [3.8, 4) is 0 Å². The molecule has 2 amide bonds. The third-order valence-corrected chi connectivity index (χ3v) is 6.12. The highest BCUT2D eigenvalue weighted by atomic mass is 19.4. The fourth-order valence-corrected chi connectivity index (χ4v) is 4.05. The fraction of sp³-hybridized carbons (Fsp3) is 0.455. The van der Waals surface area contributed by atoms with E-state index in [1.54, 1.807) is 12.3 Å². The van der Waals surface area contributed by atoms with Crippen molar-refractivity contribution in [2.75, 3.05) is 50.3 Å². The van der Waals surface area contributed by atoms with Crippen LogP contribution in [0.25, 0.3) is 0 Å². The summed E-state index contributed by atoms with van der Waals surface area (Å²) in [7, 11) is 5.52. The van der Waals surface area contributed by atoms with Crippen LogP contribution in [-0.2, 0) is 22.7 Å². The first-order valence-corrected chi connectivity index (χ1v) is 10.8. The minimum absolute atomic E-state index is 0.128. The Bertz CT molecular complexity index is 1200. The average Bonchev–Trinajstić information content (AvgIpc) is 2.84. The number of ether oxygens (including phenoxy) is 2. The molecule has 0 aromatic carbocycles. The summed E-state index contributed by atoms with van der Waals surface area (Å²) in [6.45, 7) is 0.842. The normalized spacial score (nSPS) is 18.0. The summed E-state index contributed by atoms with van der Waals surface area (Å²) in [6.07, 6.45) is -2.46. The molecule has 0 unspecified atom stereocenters. The van der Waals surface area contributed by atoms with Crippen LogP contribution in [0.2, 0.25) is 0 Å². The highest BCUT2D eigenvalue weighted by molar-refractivity contribution is 5.96. The molecular weight excluding hydrogens is 483 g/mol. The number of nitrogens with one attached hydrogen (secondary N) is 2. The van der Waals surface area contributed by atoms with Crippen molar-refractivity contribution in [1.82, 2.24) is 14.5 Å². The second kappa shape index (κ2) is 10.4. The Labute approximate surface area is 205 Å². The van der Waals surface area contributed by atoms with Crippen LogP contribution in [0.5, 0.6) is 0 Å². The van der Waals surface area contributed by atoms with Crippen molar-refractivity contribution in [2.24, 2.45) is 7.05 Å². The van der Waals surface area contributed by atoms with Crippen LogP contribution in [0.3, 0.4) is 0 Å². The lowest BCUT2D eigenvalue weighted by atomic mass is 9.99. The molecule has 2 aromatic heterocycles. The first-order chi connectivity index (χ1) is 16.9. The topological polar surface area (TPSA) is 139 Å². The number of piperidine rings is 1. The van der Waals surface area contributed by atoms with E-state index in [1.165, 1.54) is 33.2 Å². The van der Waals surface area contributed by atoms with Gasteiger partial charge in [0.15, 0.2) is 0 Å². The maximum absolute atomic E-state index is 13.2. The van der Waals surface area contributed by atoms with Gasteiger partial charge in [0.1, 0.15) is 11.5 Å². The van der Waals surface area contributed by atoms with Crippen molar-refractivity contribution in [3.05, 3.63) is 46.0 Å². The third-order valence-electron chi connectivity index (χ3n) is 6.12. The number of carbonyl (C=O) groups is 1. The van der Waals surface area contributed by atoms with E-state index in [1.807, 2.05) is 4.90 Å². The number of hydrogen-bond donors (Lipinski definition) is 3. The Hall–Kier alpha value is -3.81. The summed E-state index contributed by atoms with van der Waals surface area (Å²) in [5.74, 6) is 0.0260. The van der Waals surface area contributed by atoms with Gasteiger partial charge in [-0.15, -0.1) is 0 Å². The van der Waals surface area contributed by atoms with Crippen LogP contribution < -0.4 is 21.5 Å². The average molecular weight is 512 g/mol. The molecule has 196 valence electrons. The van der Waals surface area contributed by atoms with Gasteiger partial charge in [-0.2, -0.15) is 13.2 Å². The number of amides is 2. The molecule has 1 aliphatic heterocycles.